The van der Waals surface area contributed by atoms with E-state index in [-0.39, 0.29) is 6.04 Å². The van der Waals surface area contributed by atoms with Crippen molar-refractivity contribution in [1.82, 2.24) is 0 Å². The van der Waals surface area contributed by atoms with E-state index >= 15 is 0 Å². The third-order valence-corrected chi connectivity index (χ3v) is 3.10. The van der Waals surface area contributed by atoms with Crippen molar-refractivity contribution < 1.29 is 13.9 Å². The number of rotatable bonds is 6. The van der Waals surface area contributed by atoms with E-state index in [9.17, 15) is 0 Å². The lowest BCUT2D eigenvalue weighted by Crippen LogP contribution is -2.10. The maximum atomic E-state index is 6.06. The highest BCUT2D eigenvalue weighted by Crippen LogP contribution is 2.28. The third kappa shape index (κ3) is 3.29. The predicted octanol–water partition coefficient (Wildman–Crippen LogP) is 2.93. The van der Waals surface area contributed by atoms with E-state index in [1.54, 1.807) is 20.5 Å². The Kier molecular flexibility index (Phi) is 4.47. The van der Waals surface area contributed by atoms with Gasteiger partial charge in [0.1, 0.15) is 5.76 Å². The standard InChI is InChI=1S/C15H19NO3/c1-17-14-8-6-11(10-15(14)18-2)5-7-12(16)13-4-3-9-19-13/h3-4,6,8-10,12H,5,7,16H2,1-2H3. The highest BCUT2D eigenvalue weighted by molar-refractivity contribution is 5.42. The van der Waals surface area contributed by atoms with E-state index < -0.39 is 0 Å². The Labute approximate surface area is 113 Å². The number of benzene rings is 1. The molecule has 2 aromatic rings. The molecule has 0 spiro atoms. The topological polar surface area (TPSA) is 57.6 Å². The highest BCUT2D eigenvalue weighted by atomic mass is 16.5. The molecule has 0 aliphatic heterocycles. The average Bonchev–Trinajstić information content (AvgIpc) is 2.98. The summed E-state index contributed by atoms with van der Waals surface area (Å²) in [6.07, 6.45) is 3.33. The van der Waals surface area contributed by atoms with Gasteiger partial charge in [0.15, 0.2) is 11.5 Å². The van der Waals surface area contributed by atoms with E-state index in [1.807, 2.05) is 30.3 Å². The van der Waals surface area contributed by atoms with Crippen molar-refractivity contribution >= 4 is 0 Å². The van der Waals surface area contributed by atoms with Gasteiger partial charge in [-0.1, -0.05) is 6.07 Å². The van der Waals surface area contributed by atoms with Crippen LogP contribution in [0.5, 0.6) is 11.5 Å². The smallest absolute Gasteiger partial charge is 0.160 e. The first-order valence-corrected chi connectivity index (χ1v) is 6.24. The fourth-order valence-corrected chi connectivity index (χ4v) is 2.00. The summed E-state index contributed by atoms with van der Waals surface area (Å²) in [4.78, 5) is 0. The van der Waals surface area contributed by atoms with Gasteiger partial charge in [-0.15, -0.1) is 0 Å². The largest absolute Gasteiger partial charge is 0.493 e. The summed E-state index contributed by atoms with van der Waals surface area (Å²) in [5.74, 6) is 2.30. The van der Waals surface area contributed by atoms with Gasteiger partial charge in [-0.3, -0.25) is 0 Å². The zero-order chi connectivity index (χ0) is 13.7. The monoisotopic (exact) mass is 261 g/mol. The average molecular weight is 261 g/mol. The summed E-state index contributed by atoms with van der Waals surface area (Å²) in [5.41, 5.74) is 7.23. The van der Waals surface area contributed by atoms with Crippen molar-refractivity contribution in [2.75, 3.05) is 14.2 Å². The third-order valence-electron chi connectivity index (χ3n) is 3.10. The number of nitrogens with two attached hydrogens (primary N) is 1. The van der Waals surface area contributed by atoms with Crippen LogP contribution in [-0.2, 0) is 6.42 Å². The normalized spacial score (nSPS) is 12.2. The van der Waals surface area contributed by atoms with Gasteiger partial charge >= 0.3 is 0 Å². The first-order chi connectivity index (χ1) is 9.24. The van der Waals surface area contributed by atoms with Gasteiger partial charge in [-0.05, 0) is 42.7 Å². The molecule has 2 N–H and O–H groups in total. The molecule has 1 heterocycles. The molecule has 0 aliphatic rings. The summed E-state index contributed by atoms with van der Waals surface area (Å²) in [7, 11) is 3.26. The van der Waals surface area contributed by atoms with E-state index in [0.29, 0.717) is 0 Å². The number of ether oxygens (including phenoxy) is 2. The zero-order valence-electron chi connectivity index (χ0n) is 11.3. The van der Waals surface area contributed by atoms with E-state index in [1.165, 1.54) is 5.56 Å². The van der Waals surface area contributed by atoms with Gasteiger partial charge in [0.2, 0.25) is 0 Å². The maximum Gasteiger partial charge on any atom is 0.160 e. The van der Waals surface area contributed by atoms with Crippen LogP contribution in [0.25, 0.3) is 0 Å². The SMILES string of the molecule is COc1ccc(CCC(N)c2ccco2)cc1OC. The van der Waals surface area contributed by atoms with Crippen molar-refractivity contribution in [2.45, 2.75) is 18.9 Å². The second-order valence-electron chi connectivity index (χ2n) is 4.35. The van der Waals surface area contributed by atoms with Crippen molar-refractivity contribution in [3.8, 4) is 11.5 Å². The zero-order valence-corrected chi connectivity index (χ0v) is 11.3. The van der Waals surface area contributed by atoms with Crippen molar-refractivity contribution in [2.24, 2.45) is 5.73 Å². The molecule has 0 amide bonds. The van der Waals surface area contributed by atoms with Gasteiger partial charge in [0, 0.05) is 0 Å². The van der Waals surface area contributed by atoms with Crippen molar-refractivity contribution in [3.63, 3.8) is 0 Å². The second kappa shape index (κ2) is 6.29. The summed E-state index contributed by atoms with van der Waals surface area (Å²) in [6, 6.07) is 9.59. The molecule has 0 saturated carbocycles. The molecule has 0 aliphatic carbocycles. The number of aryl methyl sites for hydroxylation is 1. The molecule has 2 rings (SSSR count). The number of methoxy groups -OCH3 is 2. The van der Waals surface area contributed by atoms with Crippen LogP contribution in [-0.4, -0.2) is 14.2 Å². The van der Waals surface area contributed by atoms with E-state index in [4.69, 9.17) is 19.6 Å². The molecule has 102 valence electrons. The lowest BCUT2D eigenvalue weighted by atomic mass is 10.0. The lowest BCUT2D eigenvalue weighted by Gasteiger charge is -2.11. The van der Waals surface area contributed by atoms with Crippen LogP contribution in [0.3, 0.4) is 0 Å². The Hall–Kier alpha value is -1.94. The van der Waals surface area contributed by atoms with Gasteiger partial charge in [-0.2, -0.15) is 0 Å². The van der Waals surface area contributed by atoms with E-state index in [2.05, 4.69) is 0 Å². The van der Waals surface area contributed by atoms with Crippen molar-refractivity contribution in [1.29, 1.82) is 0 Å². The Morgan fingerprint density at radius 3 is 2.58 bits per heavy atom. The van der Waals surface area contributed by atoms with Crippen LogP contribution in [0.4, 0.5) is 0 Å². The fraction of sp³-hybridized carbons (Fsp3) is 0.333. The molecule has 1 atom stereocenters. The van der Waals surface area contributed by atoms with Gasteiger partial charge < -0.3 is 19.6 Å². The van der Waals surface area contributed by atoms with Crippen LogP contribution in [0.15, 0.2) is 41.0 Å². The number of hydrogen-bond donors (Lipinski definition) is 1. The molecule has 19 heavy (non-hydrogen) atoms. The number of furan rings is 1. The molecule has 4 nitrogen and oxygen atoms in total. The minimum absolute atomic E-state index is 0.0805. The van der Waals surface area contributed by atoms with Crippen LogP contribution >= 0.6 is 0 Å². The molecular weight excluding hydrogens is 242 g/mol. The number of hydrogen-bond acceptors (Lipinski definition) is 4. The van der Waals surface area contributed by atoms with Crippen LogP contribution in [0.2, 0.25) is 0 Å². The molecule has 0 saturated heterocycles. The maximum absolute atomic E-state index is 6.06. The first kappa shape index (κ1) is 13.5. The van der Waals surface area contributed by atoms with Crippen molar-refractivity contribution in [3.05, 3.63) is 47.9 Å². The fourth-order valence-electron chi connectivity index (χ4n) is 2.00. The molecule has 1 unspecified atom stereocenters. The predicted molar refractivity (Wildman–Crippen MR) is 73.5 cm³/mol. The summed E-state index contributed by atoms with van der Waals surface area (Å²) >= 11 is 0. The lowest BCUT2D eigenvalue weighted by molar-refractivity contribution is 0.354. The minimum atomic E-state index is -0.0805. The first-order valence-electron chi connectivity index (χ1n) is 6.24. The summed E-state index contributed by atoms with van der Waals surface area (Å²) < 4.78 is 15.8. The molecule has 1 aromatic carbocycles. The molecule has 0 radical (unpaired) electrons. The van der Waals surface area contributed by atoms with Crippen LogP contribution < -0.4 is 15.2 Å². The van der Waals surface area contributed by atoms with Gasteiger partial charge in [-0.25, -0.2) is 0 Å². The minimum Gasteiger partial charge on any atom is -0.493 e. The molecule has 0 fully saturated rings. The Balaban J connectivity index is 1.99. The van der Waals surface area contributed by atoms with Gasteiger partial charge in [0.05, 0.1) is 26.5 Å². The summed E-state index contributed by atoms with van der Waals surface area (Å²) in [6.45, 7) is 0. The second-order valence-corrected chi connectivity index (χ2v) is 4.35. The molecule has 0 bridgehead atoms. The molecule has 4 heteroatoms. The Bertz CT molecular complexity index is 508. The summed E-state index contributed by atoms with van der Waals surface area (Å²) in [5, 5.41) is 0. The highest BCUT2D eigenvalue weighted by Gasteiger charge is 2.10. The van der Waals surface area contributed by atoms with Crippen LogP contribution in [0, 0.1) is 0 Å². The van der Waals surface area contributed by atoms with Crippen LogP contribution in [0.1, 0.15) is 23.8 Å². The van der Waals surface area contributed by atoms with E-state index in [0.717, 1.165) is 30.1 Å². The van der Waals surface area contributed by atoms with Gasteiger partial charge in [0.25, 0.3) is 0 Å². The Morgan fingerprint density at radius 1 is 1.16 bits per heavy atom. The quantitative estimate of drug-likeness (QED) is 0.868. The Morgan fingerprint density at radius 2 is 1.95 bits per heavy atom. The molecule has 1 aromatic heterocycles. The molecular formula is C15H19NO3.